The second-order valence-electron chi connectivity index (χ2n) is 9.79. The minimum atomic E-state index is -3.26. The van der Waals surface area contributed by atoms with Gasteiger partial charge in [-0.05, 0) is 30.3 Å². The van der Waals surface area contributed by atoms with Crippen LogP contribution >= 0.6 is 25.3 Å². The highest BCUT2D eigenvalue weighted by Crippen LogP contribution is 2.29. The molecule has 5 atom stereocenters. The lowest BCUT2D eigenvalue weighted by Crippen LogP contribution is -2.53. The predicted octanol–water partition coefficient (Wildman–Crippen LogP) is 3.03. The molecule has 0 bridgehead atoms. The largest absolute Gasteiger partial charge is 0.502 e. The van der Waals surface area contributed by atoms with Crippen molar-refractivity contribution in [3.63, 3.8) is 0 Å². The van der Waals surface area contributed by atoms with Crippen LogP contribution in [0.15, 0.2) is 0 Å². The maximum Gasteiger partial charge on any atom is 0.502 e. The van der Waals surface area contributed by atoms with Gasteiger partial charge >= 0.3 is 18.3 Å². The van der Waals surface area contributed by atoms with E-state index in [0.29, 0.717) is 44.1 Å². The Morgan fingerprint density at radius 1 is 1.00 bits per heavy atom. The van der Waals surface area contributed by atoms with Crippen molar-refractivity contribution in [2.24, 2.45) is 23.7 Å². The van der Waals surface area contributed by atoms with Gasteiger partial charge in [0.25, 0.3) is 0 Å². The Kier molecular flexibility index (Phi) is 17.5. The Bertz CT molecular complexity index is 501. The third-order valence-corrected chi connectivity index (χ3v) is 10.3. The fraction of sp³-hybridized carbons (Fsp3) is 1.00. The first-order valence-electron chi connectivity index (χ1n) is 12.5. The van der Waals surface area contributed by atoms with Crippen molar-refractivity contribution >= 4 is 43.6 Å². The van der Waals surface area contributed by atoms with Crippen molar-refractivity contribution < 1.29 is 36.8 Å². The summed E-state index contributed by atoms with van der Waals surface area (Å²) in [5, 5.41) is 19.3. The average molecular weight is 561 g/mol. The number of rotatable bonds is 19. The van der Waals surface area contributed by atoms with Crippen molar-refractivity contribution in [3.8, 4) is 0 Å². The van der Waals surface area contributed by atoms with Crippen LogP contribution in [0.3, 0.4) is 0 Å². The van der Waals surface area contributed by atoms with Crippen molar-refractivity contribution in [1.82, 2.24) is 0 Å². The second kappa shape index (κ2) is 18.1. The SMILES string of the molecule is CC(S)CCC(C)C(O[SiH]1OCC(C)CO1)O[Si](CCCS)(OCC(C)CO)OCC(C)CO. The Balaban J connectivity index is 3.12. The summed E-state index contributed by atoms with van der Waals surface area (Å²) in [6, 6.07) is 0.563. The summed E-state index contributed by atoms with van der Waals surface area (Å²) in [4.78, 5) is 0. The van der Waals surface area contributed by atoms with E-state index < -0.39 is 24.6 Å². The molecule has 0 amide bonds. The van der Waals surface area contributed by atoms with Crippen LogP contribution in [0.25, 0.3) is 0 Å². The molecule has 0 spiro atoms. The lowest BCUT2D eigenvalue weighted by Gasteiger charge is -2.38. The van der Waals surface area contributed by atoms with Crippen LogP contribution < -0.4 is 0 Å². The minimum absolute atomic E-state index is 0.00903. The molecule has 34 heavy (non-hydrogen) atoms. The molecule has 0 radical (unpaired) electrons. The smallest absolute Gasteiger partial charge is 0.396 e. The Labute approximate surface area is 220 Å². The lowest BCUT2D eigenvalue weighted by molar-refractivity contribution is -0.128. The molecular weight excluding hydrogens is 513 g/mol. The van der Waals surface area contributed by atoms with Crippen LogP contribution in [0.1, 0.15) is 53.9 Å². The van der Waals surface area contributed by atoms with Crippen molar-refractivity contribution in [2.45, 2.75) is 71.5 Å². The van der Waals surface area contributed by atoms with E-state index in [0.717, 1.165) is 19.3 Å². The van der Waals surface area contributed by atoms with E-state index in [4.69, 9.17) is 26.6 Å². The quantitative estimate of drug-likeness (QED) is 0.109. The first-order valence-corrected chi connectivity index (χ1v) is 17.0. The predicted molar refractivity (Wildman–Crippen MR) is 144 cm³/mol. The molecular formula is C22H48O8S2Si2. The van der Waals surface area contributed by atoms with E-state index in [1.54, 1.807) is 0 Å². The first-order chi connectivity index (χ1) is 16.1. The molecule has 8 nitrogen and oxygen atoms in total. The fourth-order valence-corrected chi connectivity index (χ4v) is 8.56. The summed E-state index contributed by atoms with van der Waals surface area (Å²) in [6.45, 7) is 11.9. The highest BCUT2D eigenvalue weighted by molar-refractivity contribution is 7.80. The molecule has 204 valence electrons. The molecule has 1 aliphatic rings. The zero-order chi connectivity index (χ0) is 25.6. The van der Waals surface area contributed by atoms with Gasteiger partial charge in [0.1, 0.15) is 6.29 Å². The van der Waals surface area contributed by atoms with Gasteiger partial charge in [0, 0.05) is 69.4 Å². The monoisotopic (exact) mass is 560 g/mol. The third-order valence-electron chi connectivity index (χ3n) is 5.52. The zero-order valence-corrected chi connectivity index (χ0v) is 25.5. The summed E-state index contributed by atoms with van der Waals surface area (Å²) in [5.74, 6) is 0.912. The van der Waals surface area contributed by atoms with E-state index in [-0.39, 0.29) is 36.2 Å². The summed E-state index contributed by atoms with van der Waals surface area (Å²) >= 11 is 8.92. The standard InChI is InChI=1S/C22H48O8S2Si2/c1-17(11-23)15-27-34(10-6-9-31,28-16-18(2)12-24)30-22(20(4)7-8-21(5)32)29-33-25-13-19(3)14-26-33/h17-24,31-33H,6-16H2,1-5H3. The van der Waals surface area contributed by atoms with E-state index in [2.05, 4.69) is 46.0 Å². The van der Waals surface area contributed by atoms with Gasteiger partial charge in [0.05, 0.1) is 0 Å². The average Bonchev–Trinajstić information content (AvgIpc) is 2.83. The van der Waals surface area contributed by atoms with Gasteiger partial charge < -0.3 is 36.8 Å². The van der Waals surface area contributed by atoms with Crippen molar-refractivity contribution in [1.29, 1.82) is 0 Å². The normalized spacial score (nSPS) is 25.3. The van der Waals surface area contributed by atoms with E-state index in [9.17, 15) is 10.2 Å². The molecule has 2 N–H and O–H groups in total. The van der Waals surface area contributed by atoms with Crippen LogP contribution in [0.4, 0.5) is 0 Å². The van der Waals surface area contributed by atoms with Gasteiger partial charge in [-0.15, -0.1) is 0 Å². The Hall–Kier alpha value is 0.814. The molecule has 1 rings (SSSR count). The van der Waals surface area contributed by atoms with Crippen LogP contribution in [0.5, 0.6) is 0 Å². The molecule has 0 aromatic heterocycles. The summed E-state index contributed by atoms with van der Waals surface area (Å²) in [6.07, 6.45) is 1.90. The molecule has 1 aliphatic heterocycles. The van der Waals surface area contributed by atoms with Gasteiger partial charge in [-0.3, -0.25) is 0 Å². The van der Waals surface area contributed by atoms with Crippen LogP contribution in [-0.2, 0) is 26.6 Å². The molecule has 12 heteroatoms. The number of aliphatic hydroxyl groups excluding tert-OH is 2. The van der Waals surface area contributed by atoms with E-state index in [1.807, 2.05) is 13.8 Å². The topological polar surface area (TPSA) is 95.8 Å². The molecule has 0 aliphatic carbocycles. The summed E-state index contributed by atoms with van der Waals surface area (Å²) < 4.78 is 37.5. The molecule has 0 saturated carbocycles. The Morgan fingerprint density at radius 2 is 1.56 bits per heavy atom. The number of aliphatic hydroxyl groups is 2. The maximum absolute atomic E-state index is 9.54. The van der Waals surface area contributed by atoms with E-state index in [1.165, 1.54) is 0 Å². The maximum atomic E-state index is 9.54. The van der Waals surface area contributed by atoms with Crippen molar-refractivity contribution in [2.75, 3.05) is 45.4 Å². The molecule has 0 aromatic carbocycles. The van der Waals surface area contributed by atoms with Gasteiger partial charge in [0.15, 0.2) is 0 Å². The highest BCUT2D eigenvalue weighted by Gasteiger charge is 2.46. The van der Waals surface area contributed by atoms with Gasteiger partial charge in [-0.2, -0.15) is 25.3 Å². The summed E-state index contributed by atoms with van der Waals surface area (Å²) in [5.41, 5.74) is 0. The number of hydrogen-bond donors (Lipinski definition) is 4. The highest BCUT2D eigenvalue weighted by atomic mass is 32.1. The summed E-state index contributed by atoms with van der Waals surface area (Å²) in [7, 11) is -5.62. The van der Waals surface area contributed by atoms with Crippen molar-refractivity contribution in [3.05, 3.63) is 0 Å². The zero-order valence-electron chi connectivity index (χ0n) is 21.6. The molecule has 1 saturated heterocycles. The third kappa shape index (κ3) is 13.4. The number of thiol groups is 2. The molecule has 1 fully saturated rings. The lowest BCUT2D eigenvalue weighted by atomic mass is 10.0. The molecule has 0 aromatic rings. The Morgan fingerprint density at radius 3 is 2.03 bits per heavy atom. The minimum Gasteiger partial charge on any atom is -0.396 e. The van der Waals surface area contributed by atoms with Gasteiger partial charge in [0.2, 0.25) is 0 Å². The van der Waals surface area contributed by atoms with E-state index >= 15 is 0 Å². The first kappa shape index (κ1) is 32.8. The molecule has 5 unspecified atom stereocenters. The van der Waals surface area contributed by atoms with Crippen LogP contribution in [-0.4, -0.2) is 85.5 Å². The van der Waals surface area contributed by atoms with Crippen LogP contribution in [0, 0.1) is 23.7 Å². The number of hydrogen-bond acceptors (Lipinski definition) is 10. The molecule has 1 heterocycles. The van der Waals surface area contributed by atoms with Gasteiger partial charge in [-0.1, -0.05) is 34.6 Å². The second-order valence-corrected chi connectivity index (χ2v) is 15.3. The van der Waals surface area contributed by atoms with Crippen LogP contribution in [0.2, 0.25) is 6.04 Å². The van der Waals surface area contributed by atoms with Gasteiger partial charge in [-0.25, -0.2) is 0 Å². The fourth-order valence-electron chi connectivity index (χ4n) is 3.12.